The van der Waals surface area contributed by atoms with E-state index in [0.717, 1.165) is 24.1 Å². The second kappa shape index (κ2) is 7.35. The molecule has 0 radical (unpaired) electrons. The molecule has 24 heavy (non-hydrogen) atoms. The lowest BCUT2D eigenvalue weighted by atomic mass is 9.98. The van der Waals surface area contributed by atoms with Crippen molar-refractivity contribution >= 4 is 23.2 Å². The zero-order valence-corrected chi connectivity index (χ0v) is 14.4. The smallest absolute Gasteiger partial charge is 0.240 e. The van der Waals surface area contributed by atoms with Crippen molar-refractivity contribution < 1.29 is 9.59 Å². The Morgan fingerprint density at radius 3 is 2.62 bits per heavy atom. The molecule has 3 N–H and O–H groups in total. The molecular formula is C18H24N4O2. The first kappa shape index (κ1) is 17.8. The number of nitrogens with one attached hydrogen (secondary N) is 3. The monoisotopic (exact) mass is 328 g/mol. The van der Waals surface area contributed by atoms with E-state index in [2.05, 4.69) is 22.0 Å². The summed E-state index contributed by atoms with van der Waals surface area (Å²) in [5.74, 6) is -0.0223. The third-order valence-corrected chi connectivity index (χ3v) is 4.31. The van der Waals surface area contributed by atoms with Crippen LogP contribution >= 0.6 is 0 Å². The van der Waals surface area contributed by atoms with Gasteiger partial charge in [-0.2, -0.15) is 5.26 Å². The van der Waals surface area contributed by atoms with Crippen LogP contribution in [0.2, 0.25) is 0 Å². The molecule has 1 unspecified atom stereocenters. The van der Waals surface area contributed by atoms with E-state index in [0.29, 0.717) is 12.1 Å². The summed E-state index contributed by atoms with van der Waals surface area (Å²) >= 11 is 0. The van der Waals surface area contributed by atoms with Crippen molar-refractivity contribution in [3.05, 3.63) is 23.8 Å². The highest BCUT2D eigenvalue weighted by Crippen LogP contribution is 2.39. The van der Waals surface area contributed by atoms with Gasteiger partial charge in [0.2, 0.25) is 11.8 Å². The number of nitriles is 1. The van der Waals surface area contributed by atoms with Gasteiger partial charge in [-0.25, -0.2) is 0 Å². The van der Waals surface area contributed by atoms with Gasteiger partial charge in [-0.05, 0) is 50.3 Å². The largest absolute Gasteiger partial charge is 0.376 e. The molecule has 1 atom stereocenters. The van der Waals surface area contributed by atoms with Crippen LogP contribution in [-0.2, 0) is 9.59 Å². The molecule has 2 rings (SSSR count). The van der Waals surface area contributed by atoms with Crippen molar-refractivity contribution in [3.63, 3.8) is 0 Å². The van der Waals surface area contributed by atoms with Gasteiger partial charge in [0, 0.05) is 17.8 Å². The number of anilines is 2. The van der Waals surface area contributed by atoms with E-state index in [-0.39, 0.29) is 24.3 Å². The molecule has 1 aliphatic rings. The van der Waals surface area contributed by atoms with Crippen molar-refractivity contribution in [2.24, 2.45) is 5.92 Å². The van der Waals surface area contributed by atoms with Crippen molar-refractivity contribution in [1.82, 2.24) is 5.32 Å². The Hall–Kier alpha value is -2.55. The molecule has 6 nitrogen and oxygen atoms in total. The Morgan fingerprint density at radius 1 is 1.33 bits per heavy atom. The van der Waals surface area contributed by atoms with E-state index in [1.807, 2.05) is 19.1 Å². The number of rotatable bonds is 7. The summed E-state index contributed by atoms with van der Waals surface area (Å²) in [5, 5.41) is 18.0. The molecule has 0 aliphatic heterocycles. The van der Waals surface area contributed by atoms with E-state index >= 15 is 0 Å². The molecule has 0 bridgehead atoms. The molecule has 0 saturated heterocycles. The minimum atomic E-state index is -0.787. The van der Waals surface area contributed by atoms with E-state index in [1.165, 1.54) is 0 Å². The van der Waals surface area contributed by atoms with Crippen molar-refractivity contribution in [2.45, 2.75) is 45.6 Å². The lowest BCUT2D eigenvalue weighted by molar-refractivity contribution is -0.120. The molecule has 1 aliphatic carbocycles. The molecule has 1 aromatic carbocycles. The fourth-order valence-electron chi connectivity index (χ4n) is 2.53. The maximum Gasteiger partial charge on any atom is 0.240 e. The molecular weight excluding hydrogens is 304 g/mol. The first-order chi connectivity index (χ1) is 11.4. The van der Waals surface area contributed by atoms with E-state index in [1.54, 1.807) is 19.9 Å². The highest BCUT2D eigenvalue weighted by atomic mass is 16.2. The van der Waals surface area contributed by atoms with Crippen molar-refractivity contribution in [3.8, 4) is 6.07 Å². The minimum absolute atomic E-state index is 0.0585. The maximum atomic E-state index is 12.1. The third-order valence-electron chi connectivity index (χ3n) is 4.31. The Labute approximate surface area is 142 Å². The van der Waals surface area contributed by atoms with Crippen LogP contribution in [0.4, 0.5) is 11.4 Å². The van der Waals surface area contributed by atoms with Gasteiger partial charge in [-0.3, -0.25) is 9.59 Å². The number of amides is 2. The fraction of sp³-hybridized carbons (Fsp3) is 0.500. The lowest BCUT2D eigenvalue weighted by Gasteiger charge is -2.23. The second-order valence-corrected chi connectivity index (χ2v) is 6.42. The highest BCUT2D eigenvalue weighted by Gasteiger charge is 2.42. The predicted octanol–water partition coefficient (Wildman–Crippen LogP) is 2.56. The molecule has 0 spiro atoms. The Kier molecular flexibility index (Phi) is 5.45. The Bertz CT molecular complexity index is 676. The van der Waals surface area contributed by atoms with Crippen LogP contribution in [0.5, 0.6) is 0 Å². The number of nitrogens with zero attached hydrogens (tertiary/aromatic N) is 1. The van der Waals surface area contributed by atoms with Gasteiger partial charge in [0.15, 0.2) is 0 Å². The first-order valence-electron chi connectivity index (χ1n) is 8.24. The number of carbonyl (C=O) groups excluding carboxylic acids is 2. The number of carbonyl (C=O) groups is 2. The summed E-state index contributed by atoms with van der Waals surface area (Å²) in [6.07, 6.45) is 2.37. The van der Waals surface area contributed by atoms with Gasteiger partial charge in [-0.15, -0.1) is 0 Å². The second-order valence-electron chi connectivity index (χ2n) is 6.42. The number of hydrogen-bond donors (Lipinski definition) is 3. The molecule has 6 heteroatoms. The van der Waals surface area contributed by atoms with Gasteiger partial charge in [-0.1, -0.05) is 13.0 Å². The van der Waals surface area contributed by atoms with Crippen molar-refractivity contribution in [2.75, 3.05) is 17.2 Å². The Balaban J connectivity index is 1.95. The van der Waals surface area contributed by atoms with Gasteiger partial charge in [0.1, 0.15) is 5.54 Å². The number of hydrogen-bond acceptors (Lipinski definition) is 4. The number of aryl methyl sites for hydroxylation is 1. The van der Waals surface area contributed by atoms with Gasteiger partial charge in [0.05, 0.1) is 12.6 Å². The highest BCUT2D eigenvalue weighted by molar-refractivity contribution is 5.91. The standard InChI is InChI=1S/C18H24N4O2/c1-4-16(23)21-14-8-5-12(2)15(9-14)20-10-17(24)22-18(3,11-19)13-6-7-13/h5,8-9,13,20H,4,6-7,10H2,1-3H3,(H,21,23)(H,22,24). The molecule has 0 aromatic heterocycles. The van der Waals surface area contributed by atoms with E-state index in [4.69, 9.17) is 0 Å². The van der Waals surface area contributed by atoms with Crippen molar-refractivity contribution in [1.29, 1.82) is 5.26 Å². The van der Waals surface area contributed by atoms with Crippen LogP contribution in [-0.4, -0.2) is 23.9 Å². The van der Waals surface area contributed by atoms with E-state index < -0.39 is 5.54 Å². The third kappa shape index (κ3) is 4.48. The summed E-state index contributed by atoms with van der Waals surface area (Å²) < 4.78 is 0. The van der Waals surface area contributed by atoms with Crippen LogP contribution in [0.25, 0.3) is 0 Å². The quantitative estimate of drug-likeness (QED) is 0.717. The van der Waals surface area contributed by atoms with Crippen LogP contribution in [0.15, 0.2) is 18.2 Å². The zero-order chi connectivity index (χ0) is 17.7. The summed E-state index contributed by atoms with van der Waals surface area (Å²) in [5.41, 5.74) is 1.66. The molecule has 1 saturated carbocycles. The predicted molar refractivity (Wildman–Crippen MR) is 93.5 cm³/mol. The topological polar surface area (TPSA) is 94.0 Å². The van der Waals surface area contributed by atoms with E-state index in [9.17, 15) is 14.9 Å². The van der Waals surface area contributed by atoms with Crippen LogP contribution in [0.1, 0.15) is 38.7 Å². The molecule has 1 fully saturated rings. The molecule has 128 valence electrons. The van der Waals surface area contributed by atoms with Crippen LogP contribution in [0.3, 0.4) is 0 Å². The van der Waals surface area contributed by atoms with Crippen LogP contribution in [0, 0.1) is 24.2 Å². The van der Waals surface area contributed by atoms with Gasteiger partial charge < -0.3 is 16.0 Å². The fourth-order valence-corrected chi connectivity index (χ4v) is 2.53. The molecule has 1 aromatic rings. The average Bonchev–Trinajstić information content (AvgIpc) is 3.40. The van der Waals surface area contributed by atoms with Gasteiger partial charge >= 0.3 is 0 Å². The number of benzene rings is 1. The minimum Gasteiger partial charge on any atom is -0.376 e. The SMILES string of the molecule is CCC(=O)Nc1ccc(C)c(NCC(=O)NC(C)(C#N)C2CC2)c1. The average molecular weight is 328 g/mol. The van der Waals surface area contributed by atoms with Gasteiger partial charge in [0.25, 0.3) is 0 Å². The summed E-state index contributed by atoms with van der Waals surface area (Å²) in [6, 6.07) is 7.73. The normalized spacial score (nSPS) is 15.8. The summed E-state index contributed by atoms with van der Waals surface area (Å²) in [6.45, 7) is 5.57. The Morgan fingerprint density at radius 2 is 2.04 bits per heavy atom. The lowest BCUT2D eigenvalue weighted by Crippen LogP contribution is -2.48. The van der Waals surface area contributed by atoms with Crippen LogP contribution < -0.4 is 16.0 Å². The summed E-state index contributed by atoms with van der Waals surface area (Å²) in [4.78, 5) is 23.6. The molecule has 0 heterocycles. The first-order valence-corrected chi connectivity index (χ1v) is 8.24. The maximum absolute atomic E-state index is 12.1. The molecule has 2 amide bonds. The summed E-state index contributed by atoms with van der Waals surface area (Å²) in [7, 11) is 0. The zero-order valence-electron chi connectivity index (χ0n) is 14.4.